The van der Waals surface area contributed by atoms with Gasteiger partial charge in [-0.25, -0.2) is 4.79 Å². The van der Waals surface area contributed by atoms with Crippen molar-refractivity contribution in [1.82, 2.24) is 20.0 Å². The van der Waals surface area contributed by atoms with E-state index in [0.717, 1.165) is 4.90 Å². The number of aryl methyl sites for hydroxylation is 1. The monoisotopic (exact) mass is 381 g/mol. The van der Waals surface area contributed by atoms with Crippen LogP contribution in [0.5, 0.6) is 0 Å². The van der Waals surface area contributed by atoms with E-state index in [2.05, 4.69) is 10.4 Å². The Morgan fingerprint density at radius 2 is 2.08 bits per heavy atom. The molecular formula is C14H15N5O6S. The molecule has 1 fully saturated rings. The number of β-lactam (4-membered cyclic amide) rings is 1. The summed E-state index contributed by atoms with van der Waals surface area (Å²) in [6.07, 6.45) is 0. The minimum atomic E-state index is -1.21. The van der Waals surface area contributed by atoms with Gasteiger partial charge < -0.3 is 10.4 Å². The van der Waals surface area contributed by atoms with Gasteiger partial charge in [0.15, 0.2) is 0 Å². The smallest absolute Gasteiger partial charge is 0.352 e. The summed E-state index contributed by atoms with van der Waals surface area (Å²) in [6.45, 7) is 3.09. The molecule has 26 heavy (non-hydrogen) atoms. The number of aliphatic carboxylic acids is 1. The second-order valence-electron chi connectivity index (χ2n) is 5.96. The Morgan fingerprint density at radius 1 is 1.42 bits per heavy atom. The zero-order valence-electron chi connectivity index (χ0n) is 14.0. The van der Waals surface area contributed by atoms with E-state index in [0.29, 0.717) is 11.3 Å². The summed E-state index contributed by atoms with van der Waals surface area (Å²) in [5.41, 5.74) is -0.114. The largest absolute Gasteiger partial charge is 0.477 e. The molecule has 1 saturated heterocycles. The van der Waals surface area contributed by atoms with Crippen molar-refractivity contribution >= 4 is 35.2 Å². The van der Waals surface area contributed by atoms with Gasteiger partial charge in [0.2, 0.25) is 5.69 Å². The third kappa shape index (κ3) is 2.53. The molecule has 11 nitrogen and oxygen atoms in total. The Balaban J connectivity index is 1.83. The van der Waals surface area contributed by atoms with E-state index in [1.54, 1.807) is 6.92 Å². The number of carbonyl (C=O) groups excluding carboxylic acids is 2. The molecule has 12 heteroatoms. The number of carbonyl (C=O) groups is 3. The SMILES string of the molecule is CC1=C(C(=O)O)N2C(=O)[C@@H](NC(=O)c3nn(C)c(C)c3[N+](=O)[O-])[C@@H]2SC1. The van der Waals surface area contributed by atoms with Crippen LogP contribution in [0.25, 0.3) is 0 Å². The summed E-state index contributed by atoms with van der Waals surface area (Å²) in [4.78, 5) is 47.8. The molecule has 0 saturated carbocycles. The molecule has 3 rings (SSSR count). The van der Waals surface area contributed by atoms with Crippen LogP contribution in [0.4, 0.5) is 5.69 Å². The molecule has 0 unspecified atom stereocenters. The second-order valence-corrected chi connectivity index (χ2v) is 7.06. The first-order valence-electron chi connectivity index (χ1n) is 7.51. The van der Waals surface area contributed by atoms with Gasteiger partial charge in [-0.15, -0.1) is 11.8 Å². The molecule has 2 atom stereocenters. The molecule has 0 radical (unpaired) electrons. The zero-order valence-corrected chi connectivity index (χ0v) is 14.9. The number of rotatable bonds is 4. The number of carboxylic acid groups (broad SMARTS) is 1. The first-order chi connectivity index (χ1) is 12.1. The fourth-order valence-electron chi connectivity index (χ4n) is 2.95. The van der Waals surface area contributed by atoms with Crippen molar-refractivity contribution in [2.24, 2.45) is 7.05 Å². The van der Waals surface area contributed by atoms with Crippen LogP contribution in [-0.4, -0.2) is 59.7 Å². The summed E-state index contributed by atoms with van der Waals surface area (Å²) >= 11 is 1.32. The molecule has 2 amide bonds. The van der Waals surface area contributed by atoms with Gasteiger partial charge >= 0.3 is 11.7 Å². The lowest BCUT2D eigenvalue weighted by atomic mass is 10.0. The molecule has 0 aliphatic carbocycles. The predicted octanol–water partition coefficient (Wildman–Crippen LogP) is 0.00882. The Kier molecular flexibility index (Phi) is 4.22. The number of carboxylic acids is 1. The third-order valence-corrected chi connectivity index (χ3v) is 5.77. The van der Waals surface area contributed by atoms with Crippen LogP contribution >= 0.6 is 11.8 Å². The Labute approximate surface area is 151 Å². The summed E-state index contributed by atoms with van der Waals surface area (Å²) in [6, 6.07) is -0.961. The summed E-state index contributed by atoms with van der Waals surface area (Å²) < 4.78 is 1.21. The highest BCUT2D eigenvalue weighted by Crippen LogP contribution is 2.40. The van der Waals surface area contributed by atoms with Crippen molar-refractivity contribution in [1.29, 1.82) is 0 Å². The summed E-state index contributed by atoms with van der Waals surface area (Å²) in [7, 11) is 1.47. The van der Waals surface area contributed by atoms with Gasteiger partial charge in [0.25, 0.3) is 11.8 Å². The number of nitro groups is 1. The molecule has 2 aliphatic rings. The first kappa shape index (κ1) is 17.9. The van der Waals surface area contributed by atoms with Crippen molar-refractivity contribution < 1.29 is 24.4 Å². The van der Waals surface area contributed by atoms with Crippen molar-refractivity contribution in [3.63, 3.8) is 0 Å². The molecule has 0 aromatic carbocycles. The molecular weight excluding hydrogens is 366 g/mol. The quantitative estimate of drug-likeness (QED) is 0.421. The lowest BCUT2D eigenvalue weighted by Crippen LogP contribution is -2.70. The first-order valence-corrected chi connectivity index (χ1v) is 8.56. The van der Waals surface area contributed by atoms with Gasteiger partial charge in [0, 0.05) is 12.8 Å². The number of fused-ring (bicyclic) bond motifs is 1. The predicted molar refractivity (Wildman–Crippen MR) is 89.3 cm³/mol. The number of nitrogens with one attached hydrogen (secondary N) is 1. The van der Waals surface area contributed by atoms with E-state index in [4.69, 9.17) is 0 Å². The average molecular weight is 381 g/mol. The number of thioether (sulfide) groups is 1. The van der Waals surface area contributed by atoms with Crippen molar-refractivity contribution in [3.05, 3.63) is 32.8 Å². The van der Waals surface area contributed by atoms with Crippen molar-refractivity contribution in [3.8, 4) is 0 Å². The van der Waals surface area contributed by atoms with Gasteiger partial charge in [-0.2, -0.15) is 5.10 Å². The Hall–Kier alpha value is -2.89. The van der Waals surface area contributed by atoms with Gasteiger partial charge in [-0.05, 0) is 19.4 Å². The van der Waals surface area contributed by atoms with Crippen LogP contribution in [0.2, 0.25) is 0 Å². The third-order valence-electron chi connectivity index (χ3n) is 4.35. The van der Waals surface area contributed by atoms with E-state index in [1.165, 1.54) is 30.4 Å². The number of hydrogen-bond donors (Lipinski definition) is 2. The van der Waals surface area contributed by atoms with Crippen molar-refractivity contribution in [2.45, 2.75) is 25.3 Å². The fourth-order valence-corrected chi connectivity index (χ4v) is 4.25. The highest BCUT2D eigenvalue weighted by atomic mass is 32.2. The number of aromatic nitrogens is 2. The van der Waals surface area contributed by atoms with Crippen LogP contribution in [0.1, 0.15) is 23.1 Å². The van der Waals surface area contributed by atoms with Crippen LogP contribution in [0, 0.1) is 17.0 Å². The molecule has 2 N–H and O–H groups in total. The minimum absolute atomic E-state index is 0.0797. The summed E-state index contributed by atoms with van der Waals surface area (Å²) in [5.74, 6) is -2.21. The van der Waals surface area contributed by atoms with E-state index in [1.807, 2.05) is 0 Å². The molecule has 138 valence electrons. The van der Waals surface area contributed by atoms with Gasteiger partial charge in [0.05, 0.1) is 4.92 Å². The molecule has 1 aromatic heterocycles. The average Bonchev–Trinajstić information content (AvgIpc) is 2.87. The van der Waals surface area contributed by atoms with Gasteiger partial charge in [-0.3, -0.25) is 29.3 Å². The number of hydrogen-bond acceptors (Lipinski definition) is 7. The highest BCUT2D eigenvalue weighted by molar-refractivity contribution is 8.00. The van der Waals surface area contributed by atoms with Crippen LogP contribution < -0.4 is 5.32 Å². The summed E-state index contributed by atoms with van der Waals surface area (Å²) in [5, 5.41) is 26.2. The van der Waals surface area contributed by atoms with E-state index < -0.39 is 39.8 Å². The van der Waals surface area contributed by atoms with Gasteiger partial charge in [0.1, 0.15) is 22.8 Å². The highest BCUT2D eigenvalue weighted by Gasteiger charge is 2.54. The zero-order chi connectivity index (χ0) is 19.3. The second kappa shape index (κ2) is 6.12. The topological polar surface area (TPSA) is 148 Å². The maximum absolute atomic E-state index is 12.4. The molecule has 0 spiro atoms. The Morgan fingerprint density at radius 3 is 2.65 bits per heavy atom. The fraction of sp³-hybridized carbons (Fsp3) is 0.429. The minimum Gasteiger partial charge on any atom is -0.477 e. The molecule has 2 aliphatic heterocycles. The Bertz CT molecular complexity index is 891. The van der Waals surface area contributed by atoms with Crippen LogP contribution in [-0.2, 0) is 16.6 Å². The van der Waals surface area contributed by atoms with E-state index in [-0.39, 0.29) is 17.1 Å². The lowest BCUT2D eigenvalue weighted by molar-refractivity contribution is -0.385. The van der Waals surface area contributed by atoms with Crippen LogP contribution in [0.15, 0.2) is 11.3 Å². The molecule has 3 heterocycles. The standard InChI is InChI=1S/C14H15N5O6S/c1-5-4-26-13-8(12(21)18(13)9(5)14(22)23)15-11(20)7-10(19(24)25)6(2)17(3)16-7/h8,13H,4H2,1-3H3,(H,15,20)(H,22,23)/t8-,13+/m1/s1. The maximum Gasteiger partial charge on any atom is 0.352 e. The number of nitrogens with zero attached hydrogens (tertiary/aromatic N) is 4. The normalized spacial score (nSPS) is 22.0. The molecule has 1 aromatic rings. The maximum atomic E-state index is 12.4. The molecule has 0 bridgehead atoms. The lowest BCUT2D eigenvalue weighted by Gasteiger charge is -2.49. The van der Waals surface area contributed by atoms with E-state index in [9.17, 15) is 29.6 Å². The van der Waals surface area contributed by atoms with Crippen molar-refractivity contribution in [2.75, 3.05) is 5.75 Å². The van der Waals surface area contributed by atoms with Crippen LogP contribution in [0.3, 0.4) is 0 Å². The van der Waals surface area contributed by atoms with E-state index >= 15 is 0 Å². The van der Waals surface area contributed by atoms with Gasteiger partial charge in [-0.1, -0.05) is 0 Å². The number of amides is 2.